The van der Waals surface area contributed by atoms with E-state index < -0.39 is 0 Å². The Balaban J connectivity index is 3.67. The SMILES string of the molecule is CC(CO)C(C)NC(=O)CCl. The normalized spacial score (nSPS) is 15.6. The van der Waals surface area contributed by atoms with E-state index in [1.54, 1.807) is 0 Å². The van der Waals surface area contributed by atoms with Gasteiger partial charge >= 0.3 is 0 Å². The quantitative estimate of drug-likeness (QED) is 0.613. The summed E-state index contributed by atoms with van der Waals surface area (Å²) in [4.78, 5) is 10.7. The van der Waals surface area contributed by atoms with Crippen LogP contribution in [-0.2, 0) is 4.79 Å². The molecule has 2 unspecified atom stereocenters. The minimum absolute atomic E-state index is 0.0220. The van der Waals surface area contributed by atoms with Crippen LogP contribution >= 0.6 is 11.6 Å². The third-order valence-electron chi connectivity index (χ3n) is 1.65. The van der Waals surface area contributed by atoms with Gasteiger partial charge in [-0.2, -0.15) is 0 Å². The van der Waals surface area contributed by atoms with Crippen LogP contribution in [0.5, 0.6) is 0 Å². The minimum atomic E-state index is -0.195. The number of nitrogens with one attached hydrogen (secondary N) is 1. The van der Waals surface area contributed by atoms with Crippen LogP contribution in [0, 0.1) is 5.92 Å². The van der Waals surface area contributed by atoms with Gasteiger partial charge in [-0.25, -0.2) is 0 Å². The van der Waals surface area contributed by atoms with Gasteiger partial charge in [-0.3, -0.25) is 4.79 Å². The Bertz CT molecular complexity index is 130. The van der Waals surface area contributed by atoms with E-state index in [-0.39, 0.29) is 30.4 Å². The first kappa shape index (κ1) is 10.7. The fourth-order valence-corrected chi connectivity index (χ4v) is 0.670. The van der Waals surface area contributed by atoms with Crippen LogP contribution in [-0.4, -0.2) is 29.5 Å². The van der Waals surface area contributed by atoms with Crippen molar-refractivity contribution >= 4 is 17.5 Å². The van der Waals surface area contributed by atoms with Crippen molar-refractivity contribution in [2.75, 3.05) is 12.5 Å². The Hall–Kier alpha value is -0.280. The number of aliphatic hydroxyl groups excluding tert-OH is 1. The molecule has 0 aromatic rings. The first-order valence-electron chi connectivity index (χ1n) is 3.58. The molecule has 4 heteroatoms. The standard InChI is InChI=1S/C7H14ClNO2/c1-5(4-10)6(2)9-7(11)3-8/h5-6,10H,3-4H2,1-2H3,(H,9,11). The van der Waals surface area contributed by atoms with Gasteiger partial charge in [0.25, 0.3) is 0 Å². The summed E-state index contributed by atoms with van der Waals surface area (Å²) in [6.07, 6.45) is 0. The summed E-state index contributed by atoms with van der Waals surface area (Å²) in [7, 11) is 0. The number of hydrogen-bond acceptors (Lipinski definition) is 2. The van der Waals surface area contributed by atoms with Crippen LogP contribution in [0.25, 0.3) is 0 Å². The van der Waals surface area contributed by atoms with Crippen molar-refractivity contribution in [3.63, 3.8) is 0 Å². The summed E-state index contributed by atoms with van der Waals surface area (Å²) in [5, 5.41) is 11.4. The van der Waals surface area contributed by atoms with Gasteiger partial charge in [0.2, 0.25) is 5.91 Å². The van der Waals surface area contributed by atoms with E-state index in [1.807, 2.05) is 13.8 Å². The van der Waals surface area contributed by atoms with Gasteiger partial charge in [-0.05, 0) is 12.8 Å². The van der Waals surface area contributed by atoms with Gasteiger partial charge in [0.1, 0.15) is 5.88 Å². The maximum Gasteiger partial charge on any atom is 0.235 e. The number of rotatable bonds is 4. The molecular weight excluding hydrogens is 166 g/mol. The fourth-order valence-electron chi connectivity index (χ4n) is 0.593. The Morgan fingerprint density at radius 2 is 2.18 bits per heavy atom. The van der Waals surface area contributed by atoms with Crippen LogP contribution in [0.15, 0.2) is 0 Å². The summed E-state index contributed by atoms with van der Waals surface area (Å²) in [5.74, 6) is -0.149. The highest BCUT2D eigenvalue weighted by Crippen LogP contribution is 1.99. The van der Waals surface area contributed by atoms with Gasteiger partial charge < -0.3 is 10.4 Å². The zero-order valence-electron chi connectivity index (χ0n) is 6.80. The predicted octanol–water partition coefficient (Wildman–Crippen LogP) is 0.358. The second-order valence-corrected chi connectivity index (χ2v) is 2.92. The van der Waals surface area contributed by atoms with E-state index in [2.05, 4.69) is 5.32 Å². The average molecular weight is 180 g/mol. The molecule has 0 aliphatic rings. The molecule has 0 aliphatic carbocycles. The van der Waals surface area contributed by atoms with Crippen LogP contribution in [0.1, 0.15) is 13.8 Å². The number of carbonyl (C=O) groups excluding carboxylic acids is 1. The number of amides is 1. The summed E-state index contributed by atoms with van der Waals surface area (Å²) >= 11 is 5.27. The van der Waals surface area contributed by atoms with Crippen molar-refractivity contribution < 1.29 is 9.90 Å². The van der Waals surface area contributed by atoms with Crippen LogP contribution in [0.4, 0.5) is 0 Å². The van der Waals surface area contributed by atoms with Crippen molar-refractivity contribution in [2.45, 2.75) is 19.9 Å². The molecule has 66 valence electrons. The number of carbonyl (C=O) groups is 1. The molecule has 0 heterocycles. The number of hydrogen-bond donors (Lipinski definition) is 2. The lowest BCUT2D eigenvalue weighted by atomic mass is 10.1. The van der Waals surface area contributed by atoms with Gasteiger partial charge in [-0.15, -0.1) is 11.6 Å². The Morgan fingerprint density at radius 3 is 2.55 bits per heavy atom. The molecule has 0 saturated heterocycles. The molecule has 0 fully saturated rings. The molecule has 0 radical (unpaired) electrons. The van der Waals surface area contributed by atoms with Gasteiger partial charge in [0.15, 0.2) is 0 Å². The van der Waals surface area contributed by atoms with Crippen molar-refractivity contribution in [2.24, 2.45) is 5.92 Å². The van der Waals surface area contributed by atoms with E-state index in [0.717, 1.165) is 0 Å². The molecule has 2 N–H and O–H groups in total. The number of halogens is 1. The largest absolute Gasteiger partial charge is 0.396 e. The molecule has 0 aromatic carbocycles. The maximum atomic E-state index is 10.7. The van der Waals surface area contributed by atoms with Crippen molar-refractivity contribution in [1.82, 2.24) is 5.32 Å². The van der Waals surface area contributed by atoms with E-state index in [0.29, 0.717) is 0 Å². The Labute approximate surface area is 71.7 Å². The molecule has 0 aliphatic heterocycles. The highest BCUT2D eigenvalue weighted by molar-refractivity contribution is 6.27. The molecule has 3 nitrogen and oxygen atoms in total. The summed E-state index contributed by atoms with van der Waals surface area (Å²) in [6.45, 7) is 3.77. The maximum absolute atomic E-state index is 10.7. The lowest BCUT2D eigenvalue weighted by Crippen LogP contribution is -2.38. The highest BCUT2D eigenvalue weighted by atomic mass is 35.5. The Morgan fingerprint density at radius 1 is 1.64 bits per heavy atom. The number of alkyl halides is 1. The molecule has 2 atom stereocenters. The molecule has 0 bridgehead atoms. The zero-order valence-corrected chi connectivity index (χ0v) is 7.56. The van der Waals surface area contributed by atoms with E-state index in [1.165, 1.54) is 0 Å². The molecule has 0 saturated carbocycles. The van der Waals surface area contributed by atoms with Crippen molar-refractivity contribution in [3.8, 4) is 0 Å². The molecule has 0 aromatic heterocycles. The van der Waals surface area contributed by atoms with Crippen LogP contribution in [0.2, 0.25) is 0 Å². The monoisotopic (exact) mass is 179 g/mol. The average Bonchev–Trinajstić information content (AvgIpc) is 2.02. The van der Waals surface area contributed by atoms with Crippen molar-refractivity contribution in [3.05, 3.63) is 0 Å². The second-order valence-electron chi connectivity index (χ2n) is 2.65. The topological polar surface area (TPSA) is 49.3 Å². The predicted molar refractivity (Wildman–Crippen MR) is 44.6 cm³/mol. The van der Waals surface area contributed by atoms with E-state index in [9.17, 15) is 4.79 Å². The smallest absolute Gasteiger partial charge is 0.235 e. The Kier molecular flexibility index (Phi) is 5.24. The molecular formula is C7H14ClNO2. The van der Waals surface area contributed by atoms with Crippen molar-refractivity contribution in [1.29, 1.82) is 0 Å². The van der Waals surface area contributed by atoms with E-state index in [4.69, 9.17) is 16.7 Å². The molecule has 1 amide bonds. The van der Waals surface area contributed by atoms with Gasteiger partial charge in [-0.1, -0.05) is 6.92 Å². The second kappa shape index (κ2) is 5.38. The van der Waals surface area contributed by atoms with Gasteiger partial charge in [0, 0.05) is 12.6 Å². The lowest BCUT2D eigenvalue weighted by molar-refractivity contribution is -0.119. The molecule has 0 spiro atoms. The zero-order chi connectivity index (χ0) is 8.85. The van der Waals surface area contributed by atoms with Crippen LogP contribution < -0.4 is 5.32 Å². The lowest BCUT2D eigenvalue weighted by Gasteiger charge is -2.18. The molecule has 0 rings (SSSR count). The number of aliphatic hydroxyl groups is 1. The third-order valence-corrected chi connectivity index (χ3v) is 1.89. The highest BCUT2D eigenvalue weighted by Gasteiger charge is 2.12. The third kappa shape index (κ3) is 4.22. The first-order valence-corrected chi connectivity index (χ1v) is 4.11. The van der Waals surface area contributed by atoms with Crippen LogP contribution in [0.3, 0.4) is 0 Å². The fraction of sp³-hybridized carbons (Fsp3) is 0.857. The molecule has 11 heavy (non-hydrogen) atoms. The first-order chi connectivity index (χ1) is 5.11. The summed E-state index contributed by atoms with van der Waals surface area (Å²) in [6, 6.07) is -0.0220. The summed E-state index contributed by atoms with van der Waals surface area (Å²) in [5.41, 5.74) is 0. The van der Waals surface area contributed by atoms with Gasteiger partial charge in [0.05, 0.1) is 0 Å². The summed E-state index contributed by atoms with van der Waals surface area (Å²) < 4.78 is 0. The minimum Gasteiger partial charge on any atom is -0.396 e. The van der Waals surface area contributed by atoms with E-state index >= 15 is 0 Å².